The van der Waals surface area contributed by atoms with Crippen LogP contribution in [-0.2, 0) is 13.0 Å². The van der Waals surface area contributed by atoms with E-state index in [1.54, 1.807) is 0 Å². The van der Waals surface area contributed by atoms with E-state index in [9.17, 15) is 0 Å². The van der Waals surface area contributed by atoms with Gasteiger partial charge < -0.3 is 9.15 Å². The maximum atomic E-state index is 8.77. The van der Waals surface area contributed by atoms with E-state index < -0.39 is 0 Å². The van der Waals surface area contributed by atoms with Crippen LogP contribution in [0.1, 0.15) is 11.1 Å². The maximum Gasteiger partial charge on any atom is 0.153 e. The lowest BCUT2D eigenvalue weighted by molar-refractivity contribution is 0.306. The number of hydrogen-bond acceptors (Lipinski definition) is 4. The largest absolute Gasteiger partial charge is 0.489 e. The van der Waals surface area contributed by atoms with Gasteiger partial charge in [-0.25, -0.2) is 4.98 Å². The minimum absolute atomic E-state index is 0.416. The van der Waals surface area contributed by atoms with Crippen molar-refractivity contribution in [2.75, 3.05) is 0 Å². The van der Waals surface area contributed by atoms with Crippen LogP contribution in [0.25, 0.3) is 33.3 Å². The van der Waals surface area contributed by atoms with Crippen LogP contribution in [0.4, 0.5) is 0 Å². The van der Waals surface area contributed by atoms with Crippen LogP contribution in [0.15, 0.2) is 83.3 Å². The number of nitriles is 1. The number of furan rings is 1. The quantitative estimate of drug-likeness (QED) is 0.306. The van der Waals surface area contributed by atoms with Crippen LogP contribution in [0, 0.1) is 11.3 Å². The fourth-order valence-corrected chi connectivity index (χ4v) is 3.64. The Morgan fingerprint density at radius 2 is 1.68 bits per heavy atom. The minimum atomic E-state index is 0.416. The fraction of sp³-hybridized carbons (Fsp3) is 0.0769. The van der Waals surface area contributed by atoms with E-state index in [-0.39, 0.29) is 0 Å². The van der Waals surface area contributed by atoms with Crippen molar-refractivity contribution in [1.29, 1.82) is 5.26 Å². The van der Waals surface area contributed by atoms with E-state index in [1.165, 1.54) is 0 Å². The zero-order chi connectivity index (χ0) is 21.2. The Labute approximate surface area is 184 Å². The van der Waals surface area contributed by atoms with Gasteiger partial charge in [-0.3, -0.25) is 0 Å². The first kappa shape index (κ1) is 19.2. The van der Waals surface area contributed by atoms with Crippen molar-refractivity contribution in [3.8, 4) is 23.3 Å². The molecular formula is C26H17ClN2O2. The van der Waals surface area contributed by atoms with E-state index in [0.717, 1.165) is 44.4 Å². The molecule has 0 saturated carbocycles. The Bertz CT molecular complexity index is 1430. The molecule has 0 saturated heterocycles. The number of nitrogens with zero attached hydrogens (tertiary/aromatic N) is 2. The number of benzene rings is 3. The lowest BCUT2D eigenvalue weighted by Crippen LogP contribution is -1.95. The fourth-order valence-electron chi connectivity index (χ4n) is 3.48. The van der Waals surface area contributed by atoms with E-state index in [2.05, 4.69) is 6.07 Å². The van der Waals surface area contributed by atoms with Crippen molar-refractivity contribution < 1.29 is 9.15 Å². The highest BCUT2D eigenvalue weighted by Gasteiger charge is 2.10. The first-order valence-corrected chi connectivity index (χ1v) is 10.2. The molecule has 3 aromatic carbocycles. The number of pyridine rings is 1. The highest BCUT2D eigenvalue weighted by Crippen LogP contribution is 2.31. The first-order chi connectivity index (χ1) is 15.2. The second-order valence-electron chi connectivity index (χ2n) is 7.28. The summed E-state index contributed by atoms with van der Waals surface area (Å²) in [4.78, 5) is 4.69. The third-order valence-corrected chi connectivity index (χ3v) is 5.34. The molecule has 2 aromatic heterocycles. The molecule has 5 rings (SSSR count). The van der Waals surface area contributed by atoms with Crippen molar-refractivity contribution >= 4 is 33.5 Å². The van der Waals surface area contributed by atoms with Crippen LogP contribution in [0.2, 0.25) is 5.02 Å². The predicted octanol–water partition coefficient (Wildman–Crippen LogP) is 6.95. The van der Waals surface area contributed by atoms with Gasteiger partial charge in [0.1, 0.15) is 23.6 Å². The number of halogens is 1. The minimum Gasteiger partial charge on any atom is -0.489 e. The molecule has 0 aliphatic rings. The molecule has 4 nitrogen and oxygen atoms in total. The van der Waals surface area contributed by atoms with Gasteiger partial charge in [-0.15, -0.1) is 0 Å². The standard InChI is InChI=1S/C26H17ClN2O2/c27-21-7-5-19-6-9-23(29-24(19)15-21)26-14-20-13-22(8-10-25(20)31-26)30-16-18-3-1-17(2-4-18)11-12-28/h1-10,13-15H,11,16H2. The Morgan fingerprint density at radius 1 is 0.871 bits per heavy atom. The van der Waals surface area contributed by atoms with Crippen molar-refractivity contribution in [1.82, 2.24) is 4.98 Å². The molecule has 0 aliphatic heterocycles. The average molecular weight is 425 g/mol. The molecule has 0 unspecified atom stereocenters. The Hall–Kier alpha value is -3.81. The molecule has 0 aliphatic carbocycles. The Morgan fingerprint density at radius 3 is 2.52 bits per heavy atom. The lowest BCUT2D eigenvalue weighted by Gasteiger charge is -2.06. The molecule has 150 valence electrons. The Kier molecular flexibility index (Phi) is 5.03. The van der Waals surface area contributed by atoms with Gasteiger partial charge in [-0.05, 0) is 53.6 Å². The van der Waals surface area contributed by atoms with Crippen molar-refractivity contribution in [3.63, 3.8) is 0 Å². The van der Waals surface area contributed by atoms with Crippen LogP contribution in [-0.4, -0.2) is 4.98 Å². The third-order valence-electron chi connectivity index (χ3n) is 5.11. The summed E-state index contributed by atoms with van der Waals surface area (Å²) >= 11 is 6.10. The molecule has 5 heteroatoms. The zero-order valence-corrected chi connectivity index (χ0v) is 17.3. The molecule has 2 heterocycles. The summed E-state index contributed by atoms with van der Waals surface area (Å²) < 4.78 is 12.0. The van der Waals surface area contributed by atoms with Gasteiger partial charge in [0.15, 0.2) is 5.76 Å². The molecular weight excluding hydrogens is 408 g/mol. The third kappa shape index (κ3) is 4.09. The SMILES string of the molecule is N#CCc1ccc(COc2ccc3oc(-c4ccc5ccc(Cl)cc5n4)cc3c2)cc1. The van der Waals surface area contributed by atoms with Gasteiger partial charge in [-0.2, -0.15) is 5.26 Å². The summed E-state index contributed by atoms with van der Waals surface area (Å²) in [6.07, 6.45) is 0.416. The molecule has 0 radical (unpaired) electrons. The molecule has 0 N–H and O–H groups in total. The van der Waals surface area contributed by atoms with E-state index in [4.69, 9.17) is 31.0 Å². The molecule has 0 atom stereocenters. The van der Waals surface area contributed by atoms with Gasteiger partial charge in [0.05, 0.1) is 18.0 Å². The monoisotopic (exact) mass is 424 g/mol. The zero-order valence-electron chi connectivity index (χ0n) is 16.5. The van der Waals surface area contributed by atoms with Gasteiger partial charge in [0.2, 0.25) is 0 Å². The van der Waals surface area contributed by atoms with Crippen LogP contribution >= 0.6 is 11.6 Å². The van der Waals surface area contributed by atoms with Crippen molar-refractivity contribution in [2.24, 2.45) is 0 Å². The summed E-state index contributed by atoms with van der Waals surface area (Å²) in [6, 6.07) is 27.4. The molecule has 0 fully saturated rings. The van der Waals surface area contributed by atoms with E-state index >= 15 is 0 Å². The molecule has 0 bridgehead atoms. The topological polar surface area (TPSA) is 59.0 Å². The van der Waals surface area contributed by atoms with Crippen molar-refractivity contribution in [3.05, 3.63) is 95.0 Å². The summed E-state index contributed by atoms with van der Waals surface area (Å²) in [7, 11) is 0. The van der Waals surface area contributed by atoms with Crippen molar-refractivity contribution in [2.45, 2.75) is 13.0 Å². The first-order valence-electron chi connectivity index (χ1n) is 9.86. The van der Waals surface area contributed by atoms with Gasteiger partial charge in [0.25, 0.3) is 0 Å². The molecule has 0 spiro atoms. The smallest absolute Gasteiger partial charge is 0.153 e. The second kappa shape index (κ2) is 8.14. The molecule has 0 amide bonds. The normalized spacial score (nSPS) is 11.0. The van der Waals surface area contributed by atoms with Crippen LogP contribution < -0.4 is 4.74 Å². The van der Waals surface area contributed by atoms with Crippen LogP contribution in [0.5, 0.6) is 5.75 Å². The number of ether oxygens (including phenoxy) is 1. The highest BCUT2D eigenvalue weighted by molar-refractivity contribution is 6.31. The van der Waals surface area contributed by atoms with Gasteiger partial charge in [-0.1, -0.05) is 48.0 Å². The summed E-state index contributed by atoms with van der Waals surface area (Å²) in [5.41, 5.74) is 4.41. The predicted molar refractivity (Wildman–Crippen MR) is 122 cm³/mol. The van der Waals surface area contributed by atoms with E-state index in [1.807, 2.05) is 78.9 Å². The highest BCUT2D eigenvalue weighted by atomic mass is 35.5. The van der Waals surface area contributed by atoms with Gasteiger partial charge >= 0.3 is 0 Å². The average Bonchev–Trinajstić information content (AvgIpc) is 3.22. The number of aromatic nitrogens is 1. The summed E-state index contributed by atoms with van der Waals surface area (Å²) in [5, 5.41) is 11.4. The van der Waals surface area contributed by atoms with E-state index in [0.29, 0.717) is 23.8 Å². The summed E-state index contributed by atoms with van der Waals surface area (Å²) in [5.74, 6) is 1.46. The molecule has 31 heavy (non-hydrogen) atoms. The second-order valence-corrected chi connectivity index (χ2v) is 7.72. The molecule has 5 aromatic rings. The number of rotatable bonds is 5. The number of fused-ring (bicyclic) bond motifs is 2. The lowest BCUT2D eigenvalue weighted by atomic mass is 10.1. The maximum absolute atomic E-state index is 8.77. The van der Waals surface area contributed by atoms with Gasteiger partial charge in [0, 0.05) is 15.8 Å². The summed E-state index contributed by atoms with van der Waals surface area (Å²) in [6.45, 7) is 0.454. The number of hydrogen-bond donors (Lipinski definition) is 0. The Balaban J connectivity index is 1.37. The van der Waals surface area contributed by atoms with Crippen LogP contribution in [0.3, 0.4) is 0 Å².